The Morgan fingerprint density at radius 2 is 2.17 bits per heavy atom. The number of amides is 1. The van der Waals surface area contributed by atoms with Gasteiger partial charge in [-0.05, 0) is 12.3 Å². The summed E-state index contributed by atoms with van der Waals surface area (Å²) in [5.74, 6) is 1.16. The van der Waals surface area contributed by atoms with Crippen molar-refractivity contribution >= 4 is 5.91 Å². The largest absolute Gasteiger partial charge is 0.342 e. The van der Waals surface area contributed by atoms with Crippen molar-refractivity contribution in [1.29, 1.82) is 0 Å². The molecule has 1 saturated heterocycles. The minimum Gasteiger partial charge on any atom is -0.342 e. The van der Waals surface area contributed by atoms with Crippen molar-refractivity contribution in [3.63, 3.8) is 0 Å². The van der Waals surface area contributed by atoms with Gasteiger partial charge in [0.05, 0.1) is 0 Å². The van der Waals surface area contributed by atoms with E-state index in [-0.39, 0.29) is 5.92 Å². The van der Waals surface area contributed by atoms with Crippen molar-refractivity contribution < 1.29 is 4.79 Å². The summed E-state index contributed by atoms with van der Waals surface area (Å²) in [6.45, 7) is 8.30. The molecule has 2 atom stereocenters. The van der Waals surface area contributed by atoms with Crippen LogP contribution >= 0.6 is 0 Å². The van der Waals surface area contributed by atoms with Crippen LogP contribution in [0.4, 0.5) is 0 Å². The molecule has 1 aliphatic heterocycles. The number of hydrogen-bond donors (Lipinski definition) is 0. The van der Waals surface area contributed by atoms with E-state index in [9.17, 15) is 4.79 Å². The SMILES string of the molecule is CCCCN1C[C@@H](C)[C@@H](C)C1=O. The van der Waals surface area contributed by atoms with Crippen LogP contribution in [0, 0.1) is 11.8 Å². The number of rotatable bonds is 3. The average molecular weight is 169 g/mol. The smallest absolute Gasteiger partial charge is 0.225 e. The van der Waals surface area contributed by atoms with Crippen LogP contribution < -0.4 is 0 Å². The third-order valence-corrected chi connectivity index (χ3v) is 2.84. The molecule has 1 aliphatic rings. The van der Waals surface area contributed by atoms with Crippen LogP contribution in [0.2, 0.25) is 0 Å². The van der Waals surface area contributed by atoms with Gasteiger partial charge in [-0.2, -0.15) is 0 Å². The first-order chi connectivity index (χ1) is 5.66. The fourth-order valence-electron chi connectivity index (χ4n) is 1.68. The van der Waals surface area contributed by atoms with Crippen LogP contribution in [0.1, 0.15) is 33.6 Å². The number of unbranched alkanes of at least 4 members (excludes halogenated alkanes) is 1. The summed E-state index contributed by atoms with van der Waals surface area (Å²) >= 11 is 0. The van der Waals surface area contributed by atoms with Gasteiger partial charge in [0, 0.05) is 19.0 Å². The average Bonchev–Trinajstić information content (AvgIpc) is 2.30. The molecule has 1 amide bonds. The third-order valence-electron chi connectivity index (χ3n) is 2.84. The van der Waals surface area contributed by atoms with Gasteiger partial charge in [-0.25, -0.2) is 0 Å². The predicted octanol–water partition coefficient (Wildman–Crippen LogP) is 1.90. The molecule has 0 aromatic rings. The minimum atomic E-state index is 0.252. The maximum absolute atomic E-state index is 11.5. The molecule has 0 aromatic carbocycles. The lowest BCUT2D eigenvalue weighted by Gasteiger charge is -2.14. The van der Waals surface area contributed by atoms with E-state index in [4.69, 9.17) is 0 Å². The van der Waals surface area contributed by atoms with E-state index in [1.807, 2.05) is 11.8 Å². The van der Waals surface area contributed by atoms with E-state index < -0.39 is 0 Å². The van der Waals surface area contributed by atoms with Crippen LogP contribution in [0.15, 0.2) is 0 Å². The summed E-state index contributed by atoms with van der Waals surface area (Å²) in [4.78, 5) is 13.6. The predicted molar refractivity (Wildman–Crippen MR) is 49.8 cm³/mol. The number of hydrogen-bond acceptors (Lipinski definition) is 1. The summed E-state index contributed by atoms with van der Waals surface area (Å²) in [7, 11) is 0. The molecule has 2 nitrogen and oxygen atoms in total. The summed E-state index contributed by atoms with van der Waals surface area (Å²) in [6.07, 6.45) is 2.32. The highest BCUT2D eigenvalue weighted by atomic mass is 16.2. The maximum Gasteiger partial charge on any atom is 0.225 e. The lowest BCUT2D eigenvalue weighted by molar-refractivity contribution is -0.130. The van der Waals surface area contributed by atoms with Crippen molar-refractivity contribution in [2.24, 2.45) is 11.8 Å². The second kappa shape index (κ2) is 3.92. The van der Waals surface area contributed by atoms with Gasteiger partial charge in [0.15, 0.2) is 0 Å². The van der Waals surface area contributed by atoms with Gasteiger partial charge in [0.1, 0.15) is 0 Å². The summed E-state index contributed by atoms with van der Waals surface area (Å²) in [5, 5.41) is 0. The number of carbonyl (C=O) groups is 1. The molecule has 0 radical (unpaired) electrons. The maximum atomic E-state index is 11.5. The lowest BCUT2D eigenvalue weighted by Crippen LogP contribution is -2.27. The molecule has 0 unspecified atom stereocenters. The molecule has 0 aromatic heterocycles. The molecule has 0 N–H and O–H groups in total. The van der Waals surface area contributed by atoms with E-state index in [1.165, 1.54) is 6.42 Å². The molecule has 1 rings (SSSR count). The Balaban J connectivity index is 2.42. The fourth-order valence-corrected chi connectivity index (χ4v) is 1.68. The van der Waals surface area contributed by atoms with Crippen LogP contribution in [0.25, 0.3) is 0 Å². The normalized spacial score (nSPS) is 29.9. The molecular weight excluding hydrogens is 150 g/mol. The highest BCUT2D eigenvalue weighted by Crippen LogP contribution is 2.23. The Morgan fingerprint density at radius 1 is 1.50 bits per heavy atom. The van der Waals surface area contributed by atoms with E-state index >= 15 is 0 Å². The van der Waals surface area contributed by atoms with Gasteiger partial charge in [-0.1, -0.05) is 27.2 Å². The van der Waals surface area contributed by atoms with E-state index in [1.54, 1.807) is 0 Å². The molecule has 0 aliphatic carbocycles. The van der Waals surface area contributed by atoms with Crippen molar-refractivity contribution in [1.82, 2.24) is 4.90 Å². The number of likely N-dealkylation sites (tertiary alicyclic amines) is 1. The topological polar surface area (TPSA) is 20.3 Å². The second-order valence-electron chi connectivity index (χ2n) is 3.90. The van der Waals surface area contributed by atoms with E-state index in [0.29, 0.717) is 11.8 Å². The number of nitrogens with zero attached hydrogens (tertiary/aromatic N) is 1. The lowest BCUT2D eigenvalue weighted by atomic mass is 10.0. The summed E-state index contributed by atoms with van der Waals surface area (Å²) in [6, 6.07) is 0. The van der Waals surface area contributed by atoms with Crippen LogP contribution in [0.3, 0.4) is 0 Å². The standard InChI is InChI=1S/C10H19NO/c1-4-5-6-11-7-8(2)9(3)10(11)12/h8-9H,4-7H2,1-3H3/t8-,9-/m1/s1. The zero-order chi connectivity index (χ0) is 9.14. The zero-order valence-corrected chi connectivity index (χ0v) is 8.34. The monoisotopic (exact) mass is 169 g/mol. The molecule has 1 fully saturated rings. The molecule has 1 heterocycles. The first kappa shape index (κ1) is 9.56. The van der Waals surface area contributed by atoms with Gasteiger partial charge in [0.2, 0.25) is 5.91 Å². The molecule has 2 heteroatoms. The molecule has 12 heavy (non-hydrogen) atoms. The van der Waals surface area contributed by atoms with Gasteiger partial charge in [0.25, 0.3) is 0 Å². The Bertz CT molecular complexity index is 167. The highest BCUT2D eigenvalue weighted by Gasteiger charge is 2.33. The molecular formula is C10H19NO. The Morgan fingerprint density at radius 3 is 2.58 bits per heavy atom. The fraction of sp³-hybridized carbons (Fsp3) is 0.900. The van der Waals surface area contributed by atoms with Crippen LogP contribution in [-0.2, 0) is 4.79 Å². The van der Waals surface area contributed by atoms with Crippen LogP contribution in [0.5, 0.6) is 0 Å². The summed E-state index contributed by atoms with van der Waals surface area (Å²) < 4.78 is 0. The van der Waals surface area contributed by atoms with Gasteiger partial charge >= 0.3 is 0 Å². The van der Waals surface area contributed by atoms with Gasteiger partial charge in [-0.15, -0.1) is 0 Å². The summed E-state index contributed by atoms with van der Waals surface area (Å²) in [5.41, 5.74) is 0. The van der Waals surface area contributed by atoms with Gasteiger partial charge < -0.3 is 4.90 Å². The first-order valence-corrected chi connectivity index (χ1v) is 4.95. The Kier molecular flexibility index (Phi) is 3.12. The second-order valence-corrected chi connectivity index (χ2v) is 3.90. The van der Waals surface area contributed by atoms with Crippen molar-refractivity contribution in [2.45, 2.75) is 33.6 Å². The van der Waals surface area contributed by atoms with E-state index in [0.717, 1.165) is 19.5 Å². The minimum absolute atomic E-state index is 0.252. The number of carbonyl (C=O) groups excluding carboxylic acids is 1. The highest BCUT2D eigenvalue weighted by molar-refractivity contribution is 5.80. The van der Waals surface area contributed by atoms with Crippen molar-refractivity contribution in [2.75, 3.05) is 13.1 Å². The molecule has 0 bridgehead atoms. The van der Waals surface area contributed by atoms with E-state index in [2.05, 4.69) is 13.8 Å². The van der Waals surface area contributed by atoms with Crippen molar-refractivity contribution in [3.8, 4) is 0 Å². The molecule has 70 valence electrons. The third kappa shape index (κ3) is 1.79. The quantitative estimate of drug-likeness (QED) is 0.632. The Labute approximate surface area is 74.9 Å². The Hall–Kier alpha value is -0.530. The van der Waals surface area contributed by atoms with Gasteiger partial charge in [-0.3, -0.25) is 4.79 Å². The van der Waals surface area contributed by atoms with Crippen molar-refractivity contribution in [3.05, 3.63) is 0 Å². The first-order valence-electron chi connectivity index (χ1n) is 4.95. The van der Waals surface area contributed by atoms with Crippen LogP contribution in [-0.4, -0.2) is 23.9 Å². The zero-order valence-electron chi connectivity index (χ0n) is 8.34. The molecule has 0 spiro atoms. The molecule has 0 saturated carbocycles.